The SMILES string of the molecule is COCC(=O)Nc1ccc(N2C(=S)N[C@@H](c3ccccn3)[C@@H]2c2cc(C)n(-c3ccc([N+](=O)[O-])cc3OC)c2C)cc1Cl. The van der Waals surface area contributed by atoms with E-state index in [0.717, 1.165) is 22.6 Å². The molecule has 0 radical (unpaired) electrons. The van der Waals surface area contributed by atoms with Gasteiger partial charge in [-0.25, -0.2) is 0 Å². The van der Waals surface area contributed by atoms with E-state index >= 15 is 0 Å². The van der Waals surface area contributed by atoms with Crippen molar-refractivity contribution in [1.29, 1.82) is 0 Å². The van der Waals surface area contributed by atoms with E-state index in [2.05, 4.69) is 21.7 Å². The molecular formula is C30H29ClN6O5S. The molecule has 0 bridgehead atoms. The van der Waals surface area contributed by atoms with Crippen molar-refractivity contribution < 1.29 is 19.2 Å². The fraction of sp³-hybridized carbons (Fsp3) is 0.233. The van der Waals surface area contributed by atoms with E-state index in [9.17, 15) is 14.9 Å². The van der Waals surface area contributed by atoms with Gasteiger partial charge in [-0.2, -0.15) is 0 Å². The molecule has 0 spiro atoms. The highest BCUT2D eigenvalue weighted by molar-refractivity contribution is 7.80. The zero-order chi connectivity index (χ0) is 30.8. The number of hydrogen-bond donors (Lipinski definition) is 2. The summed E-state index contributed by atoms with van der Waals surface area (Å²) in [4.78, 5) is 29.7. The lowest BCUT2D eigenvalue weighted by Gasteiger charge is -2.28. The van der Waals surface area contributed by atoms with Crippen LogP contribution in [0.3, 0.4) is 0 Å². The maximum Gasteiger partial charge on any atom is 0.273 e. The summed E-state index contributed by atoms with van der Waals surface area (Å²) < 4.78 is 12.5. The van der Waals surface area contributed by atoms with Gasteiger partial charge in [0, 0.05) is 36.4 Å². The van der Waals surface area contributed by atoms with E-state index in [-0.39, 0.29) is 30.3 Å². The molecule has 13 heteroatoms. The van der Waals surface area contributed by atoms with Gasteiger partial charge in [0.1, 0.15) is 12.4 Å². The number of pyridine rings is 1. The van der Waals surface area contributed by atoms with Crippen LogP contribution >= 0.6 is 23.8 Å². The molecule has 2 atom stereocenters. The Morgan fingerprint density at radius 2 is 1.95 bits per heavy atom. The van der Waals surface area contributed by atoms with E-state index in [1.165, 1.54) is 26.4 Å². The van der Waals surface area contributed by atoms with Crippen LogP contribution in [0.2, 0.25) is 5.02 Å². The largest absolute Gasteiger partial charge is 0.494 e. The monoisotopic (exact) mass is 620 g/mol. The van der Waals surface area contributed by atoms with Crippen molar-refractivity contribution in [2.75, 3.05) is 31.0 Å². The number of carbonyl (C=O) groups is 1. The van der Waals surface area contributed by atoms with Crippen LogP contribution in [0.1, 0.15) is 34.7 Å². The number of hydrogen-bond acceptors (Lipinski definition) is 7. The van der Waals surface area contributed by atoms with Crippen LogP contribution in [0.4, 0.5) is 17.1 Å². The second-order valence-corrected chi connectivity index (χ2v) is 10.7. The Morgan fingerprint density at radius 3 is 2.60 bits per heavy atom. The van der Waals surface area contributed by atoms with E-state index in [1.807, 2.05) is 47.6 Å². The summed E-state index contributed by atoms with van der Waals surface area (Å²) in [7, 11) is 2.93. The van der Waals surface area contributed by atoms with Crippen molar-refractivity contribution in [2.45, 2.75) is 25.9 Å². The van der Waals surface area contributed by atoms with Crippen molar-refractivity contribution in [3.63, 3.8) is 0 Å². The first kappa shape index (κ1) is 30.0. The molecule has 1 aliphatic heterocycles. The molecule has 4 aromatic rings. The van der Waals surface area contributed by atoms with Crippen LogP contribution in [0, 0.1) is 24.0 Å². The summed E-state index contributed by atoms with van der Waals surface area (Å²) in [6.45, 7) is 3.85. The first-order chi connectivity index (χ1) is 20.6. The average molecular weight is 621 g/mol. The topological polar surface area (TPSA) is 124 Å². The van der Waals surface area contributed by atoms with Gasteiger partial charge in [0.05, 0.1) is 52.3 Å². The maximum absolute atomic E-state index is 12.1. The Hall–Kier alpha value is -4.52. The number of ether oxygens (including phenoxy) is 2. The number of anilines is 2. The summed E-state index contributed by atoms with van der Waals surface area (Å²) in [6.07, 6.45) is 1.74. The normalized spacial score (nSPS) is 16.2. The minimum atomic E-state index is -0.451. The quantitative estimate of drug-likeness (QED) is 0.135. The van der Waals surface area contributed by atoms with Crippen LogP contribution in [0.15, 0.2) is 66.9 Å². The standard InChI is InChI=1S/C30H29ClN6O5S/c1-17-13-21(18(2)35(17)25-11-9-20(37(39)40)15-26(25)42-4)29-28(24-7-5-6-12-32-24)34-30(43)36(29)19-8-10-23(22(31)14-19)33-27(38)16-41-3/h5-15,28-29H,16H2,1-4H3,(H,33,38)(H,34,43)/t28-,29-/m0/s1. The molecule has 1 saturated heterocycles. The summed E-state index contributed by atoms with van der Waals surface area (Å²) in [6, 6.07) is 17.0. The molecule has 0 aliphatic carbocycles. The van der Waals surface area contributed by atoms with E-state index in [1.54, 1.807) is 24.4 Å². The first-order valence-corrected chi connectivity index (χ1v) is 14.0. The number of rotatable bonds is 9. The van der Waals surface area contributed by atoms with Crippen LogP contribution in [0.25, 0.3) is 5.69 Å². The lowest BCUT2D eigenvalue weighted by molar-refractivity contribution is -0.384. The number of benzene rings is 2. The molecule has 2 aromatic heterocycles. The third kappa shape index (κ3) is 5.76. The fourth-order valence-electron chi connectivity index (χ4n) is 5.44. The number of methoxy groups -OCH3 is 2. The number of aromatic nitrogens is 2. The van der Waals surface area contributed by atoms with Crippen molar-refractivity contribution in [3.05, 3.63) is 105 Å². The van der Waals surface area contributed by atoms with Crippen molar-refractivity contribution in [2.24, 2.45) is 0 Å². The van der Waals surface area contributed by atoms with Crippen LogP contribution in [-0.4, -0.2) is 46.3 Å². The summed E-state index contributed by atoms with van der Waals surface area (Å²) in [5.74, 6) is 0.0522. The van der Waals surface area contributed by atoms with Gasteiger partial charge < -0.3 is 29.6 Å². The Labute approximate surface area is 258 Å². The predicted octanol–water partition coefficient (Wildman–Crippen LogP) is 5.82. The summed E-state index contributed by atoms with van der Waals surface area (Å²) >= 11 is 12.5. The number of nitro groups is 1. The highest BCUT2D eigenvalue weighted by Gasteiger charge is 2.42. The molecule has 11 nitrogen and oxygen atoms in total. The smallest absolute Gasteiger partial charge is 0.273 e. The number of nitrogens with one attached hydrogen (secondary N) is 2. The number of halogens is 1. The van der Waals surface area contributed by atoms with Crippen molar-refractivity contribution >= 4 is 51.9 Å². The minimum Gasteiger partial charge on any atom is -0.494 e. The lowest BCUT2D eigenvalue weighted by Crippen LogP contribution is -2.29. The fourth-order valence-corrected chi connectivity index (χ4v) is 6.01. The van der Waals surface area contributed by atoms with Gasteiger partial charge in [0.25, 0.3) is 5.69 Å². The molecule has 1 aliphatic rings. The van der Waals surface area contributed by atoms with Gasteiger partial charge in [-0.3, -0.25) is 19.9 Å². The molecule has 2 N–H and O–H groups in total. The van der Waals surface area contributed by atoms with E-state index in [4.69, 9.17) is 33.3 Å². The molecule has 3 heterocycles. The number of carbonyl (C=O) groups excluding carboxylic acids is 1. The predicted molar refractivity (Wildman–Crippen MR) is 168 cm³/mol. The molecule has 0 unspecified atom stereocenters. The molecule has 222 valence electrons. The second-order valence-electron chi connectivity index (χ2n) is 9.92. The highest BCUT2D eigenvalue weighted by Crippen LogP contribution is 2.45. The number of nitro benzene ring substituents is 1. The molecule has 1 amide bonds. The molecule has 1 fully saturated rings. The Kier molecular flexibility index (Phi) is 8.62. The summed E-state index contributed by atoms with van der Waals surface area (Å²) in [5, 5.41) is 18.4. The number of amides is 1. The van der Waals surface area contributed by atoms with Crippen LogP contribution < -0.4 is 20.3 Å². The van der Waals surface area contributed by atoms with Crippen LogP contribution in [-0.2, 0) is 9.53 Å². The van der Waals surface area contributed by atoms with Gasteiger partial charge in [0.2, 0.25) is 5.91 Å². The molecule has 43 heavy (non-hydrogen) atoms. The average Bonchev–Trinajstić information content (AvgIpc) is 3.48. The van der Waals surface area contributed by atoms with Gasteiger partial charge in [0.15, 0.2) is 5.11 Å². The maximum atomic E-state index is 12.1. The Morgan fingerprint density at radius 1 is 1.16 bits per heavy atom. The lowest BCUT2D eigenvalue weighted by atomic mass is 9.96. The summed E-state index contributed by atoms with van der Waals surface area (Å²) in [5.41, 5.74) is 5.31. The third-order valence-corrected chi connectivity index (χ3v) is 7.91. The second kappa shape index (κ2) is 12.4. The molecule has 0 saturated carbocycles. The number of non-ortho nitro benzene ring substituents is 1. The molecular weight excluding hydrogens is 592 g/mol. The van der Waals surface area contributed by atoms with Crippen molar-refractivity contribution in [1.82, 2.24) is 14.9 Å². The minimum absolute atomic E-state index is 0.0613. The van der Waals surface area contributed by atoms with E-state index in [0.29, 0.717) is 32.9 Å². The van der Waals surface area contributed by atoms with E-state index < -0.39 is 4.92 Å². The number of aryl methyl sites for hydroxylation is 1. The molecule has 2 aromatic carbocycles. The number of thiocarbonyl (C=S) groups is 1. The Bertz CT molecular complexity index is 1710. The van der Waals surface area contributed by atoms with Crippen LogP contribution in [0.5, 0.6) is 5.75 Å². The zero-order valence-electron chi connectivity index (χ0n) is 23.8. The van der Waals surface area contributed by atoms with Gasteiger partial charge in [-0.05, 0) is 74.1 Å². The molecule has 5 rings (SSSR count). The van der Waals surface area contributed by atoms with Crippen molar-refractivity contribution in [3.8, 4) is 11.4 Å². The van der Waals surface area contributed by atoms with Gasteiger partial charge >= 0.3 is 0 Å². The Balaban J connectivity index is 1.63. The number of nitrogens with zero attached hydrogens (tertiary/aromatic N) is 4. The highest BCUT2D eigenvalue weighted by atomic mass is 35.5. The van der Waals surface area contributed by atoms with Gasteiger partial charge in [-0.1, -0.05) is 17.7 Å². The zero-order valence-corrected chi connectivity index (χ0v) is 25.4. The third-order valence-electron chi connectivity index (χ3n) is 7.28. The van der Waals surface area contributed by atoms with Gasteiger partial charge in [-0.15, -0.1) is 0 Å². The first-order valence-electron chi connectivity index (χ1n) is 13.2.